The standard InChI is InChI=1S/C60H48N4O/c1-41(60(2,3)4)52-38-58(61-39-53(52)44-24-12-7-13-25-44)64-54-31-15-14-28-50(54)51-35-34-47(37-57(51)64)65-46-27-18-26-45(36-46)62-40-63(56-33-17-16-32-55(56)62)59-48(42-20-8-5-9-21-42)29-19-30-49(59)43-22-10-6-11-23-43/h5-39,41H,1-4H3. The summed E-state index contributed by atoms with van der Waals surface area (Å²) in [5.74, 6) is 2.62. The molecule has 0 radical (unpaired) electrons. The first kappa shape index (κ1) is 39.8. The van der Waals surface area contributed by atoms with E-state index in [0.717, 1.165) is 84.0 Å². The highest BCUT2D eigenvalue weighted by Crippen LogP contribution is 2.42. The number of rotatable bonds is 9. The maximum absolute atomic E-state index is 6.81. The lowest BCUT2D eigenvalue weighted by Gasteiger charge is -2.30. The Balaban J connectivity index is 1.01. The summed E-state index contributed by atoms with van der Waals surface area (Å²) in [6.45, 7) is 9.27. The van der Waals surface area contributed by atoms with Crippen LogP contribution < -0.4 is 9.30 Å². The molecule has 314 valence electrons. The molecule has 5 heteroatoms. The van der Waals surface area contributed by atoms with Crippen molar-refractivity contribution in [3.63, 3.8) is 0 Å². The van der Waals surface area contributed by atoms with Crippen molar-refractivity contribution < 1.29 is 9.30 Å². The highest BCUT2D eigenvalue weighted by molar-refractivity contribution is 6.09. The van der Waals surface area contributed by atoms with Gasteiger partial charge in [0.1, 0.15) is 17.3 Å². The zero-order chi connectivity index (χ0) is 44.1. The van der Waals surface area contributed by atoms with Crippen molar-refractivity contribution in [2.45, 2.75) is 33.6 Å². The van der Waals surface area contributed by atoms with E-state index >= 15 is 0 Å². The third-order valence-corrected chi connectivity index (χ3v) is 13.0. The molecule has 3 heterocycles. The van der Waals surface area contributed by atoms with E-state index in [4.69, 9.17) is 9.72 Å². The van der Waals surface area contributed by atoms with Crippen LogP contribution in [0.25, 0.3) is 83.4 Å². The molecule has 0 fully saturated rings. The average molecular weight is 841 g/mol. The first-order valence-electron chi connectivity index (χ1n) is 22.4. The molecule has 8 aromatic carbocycles. The molecule has 5 nitrogen and oxygen atoms in total. The maximum Gasteiger partial charge on any atom is 0.269 e. The van der Waals surface area contributed by atoms with Crippen molar-refractivity contribution in [3.8, 4) is 62.1 Å². The van der Waals surface area contributed by atoms with Gasteiger partial charge < -0.3 is 4.74 Å². The zero-order valence-electron chi connectivity index (χ0n) is 37.0. The van der Waals surface area contributed by atoms with Crippen LogP contribution in [0.5, 0.6) is 11.5 Å². The lowest BCUT2D eigenvalue weighted by Crippen LogP contribution is -2.31. The molecule has 0 N–H and O–H groups in total. The van der Waals surface area contributed by atoms with Crippen LogP contribution >= 0.6 is 0 Å². The number of para-hydroxylation sites is 4. The predicted molar refractivity (Wildman–Crippen MR) is 266 cm³/mol. The Morgan fingerprint density at radius 2 is 1.09 bits per heavy atom. The van der Waals surface area contributed by atoms with E-state index in [9.17, 15) is 0 Å². The van der Waals surface area contributed by atoms with Gasteiger partial charge in [0.2, 0.25) is 0 Å². The molecule has 0 aliphatic heterocycles. The van der Waals surface area contributed by atoms with Crippen LogP contribution in [-0.2, 0) is 0 Å². The summed E-state index contributed by atoms with van der Waals surface area (Å²) in [6.07, 6.45) is 5.86. The lowest BCUT2D eigenvalue weighted by atomic mass is 9.76. The van der Waals surface area contributed by atoms with E-state index in [1.165, 1.54) is 16.5 Å². The van der Waals surface area contributed by atoms with Gasteiger partial charge in [-0.1, -0.05) is 185 Å². The van der Waals surface area contributed by atoms with Crippen molar-refractivity contribution in [2.75, 3.05) is 0 Å². The quantitative estimate of drug-likeness (QED) is 0.107. The summed E-state index contributed by atoms with van der Waals surface area (Å²) >= 11 is 0. The maximum atomic E-state index is 6.81. The van der Waals surface area contributed by atoms with Gasteiger partial charge >= 0.3 is 0 Å². The number of imidazole rings is 1. The Hall–Kier alpha value is -8.02. The Morgan fingerprint density at radius 1 is 0.523 bits per heavy atom. The van der Waals surface area contributed by atoms with E-state index < -0.39 is 0 Å². The van der Waals surface area contributed by atoms with Gasteiger partial charge in [-0.05, 0) is 87.2 Å². The van der Waals surface area contributed by atoms with Gasteiger partial charge in [-0.15, -0.1) is 0 Å². The molecule has 1 unspecified atom stereocenters. The number of hydrogen-bond donors (Lipinski definition) is 0. The Bertz CT molecular complexity index is 3450. The topological polar surface area (TPSA) is 35.9 Å². The van der Waals surface area contributed by atoms with Gasteiger partial charge in [0, 0.05) is 28.6 Å². The fourth-order valence-corrected chi connectivity index (χ4v) is 9.25. The minimum Gasteiger partial charge on any atom is -0.458 e. The second kappa shape index (κ2) is 16.3. The molecule has 0 spiro atoms. The molecule has 0 aliphatic carbocycles. The van der Waals surface area contributed by atoms with E-state index in [1.54, 1.807) is 0 Å². The molecule has 11 aromatic rings. The first-order chi connectivity index (χ1) is 31.8. The van der Waals surface area contributed by atoms with Crippen molar-refractivity contribution >= 4 is 32.8 Å². The van der Waals surface area contributed by atoms with Gasteiger partial charge in [0.05, 0.1) is 33.4 Å². The lowest BCUT2D eigenvalue weighted by molar-refractivity contribution is -0.571. The third kappa shape index (κ3) is 7.25. The second-order valence-corrected chi connectivity index (χ2v) is 17.9. The number of aromatic nitrogens is 4. The summed E-state index contributed by atoms with van der Waals surface area (Å²) in [5.41, 5.74) is 14.4. The van der Waals surface area contributed by atoms with Crippen molar-refractivity contribution in [3.05, 3.63) is 224 Å². The summed E-state index contributed by atoms with van der Waals surface area (Å²) in [7, 11) is 0. The van der Waals surface area contributed by atoms with E-state index in [-0.39, 0.29) is 11.3 Å². The molecule has 0 saturated heterocycles. The van der Waals surface area contributed by atoms with Gasteiger partial charge in [0.15, 0.2) is 0 Å². The van der Waals surface area contributed by atoms with Gasteiger partial charge in [-0.3, -0.25) is 13.7 Å². The van der Waals surface area contributed by atoms with Crippen LogP contribution in [0.15, 0.2) is 212 Å². The molecule has 65 heavy (non-hydrogen) atoms. The van der Waals surface area contributed by atoms with Crippen molar-refractivity contribution in [2.24, 2.45) is 5.41 Å². The van der Waals surface area contributed by atoms with Crippen molar-refractivity contribution in [1.82, 2.24) is 14.1 Å². The molecule has 0 saturated carbocycles. The van der Waals surface area contributed by atoms with E-state index in [1.807, 2.05) is 6.07 Å². The number of benzene rings is 8. The first-order valence-corrected chi connectivity index (χ1v) is 22.4. The smallest absolute Gasteiger partial charge is 0.269 e. The fourth-order valence-electron chi connectivity index (χ4n) is 9.25. The number of pyridine rings is 1. The highest BCUT2D eigenvalue weighted by Gasteiger charge is 2.26. The summed E-state index contributed by atoms with van der Waals surface area (Å²) in [5, 5.41) is 2.31. The van der Waals surface area contributed by atoms with Crippen LogP contribution in [0.3, 0.4) is 0 Å². The Kier molecular flexibility index (Phi) is 9.96. The van der Waals surface area contributed by atoms with Crippen LogP contribution in [0.4, 0.5) is 0 Å². The molecule has 3 aromatic heterocycles. The molecule has 1 atom stereocenters. The average Bonchev–Trinajstić information content (AvgIpc) is 3.90. The second-order valence-electron chi connectivity index (χ2n) is 17.9. The van der Waals surface area contributed by atoms with E-state index in [2.05, 4.69) is 254 Å². The molecular formula is C60H48N4O. The molecule has 11 rings (SSSR count). The molecule has 0 aliphatic rings. The van der Waals surface area contributed by atoms with Crippen molar-refractivity contribution in [1.29, 1.82) is 0 Å². The van der Waals surface area contributed by atoms with E-state index in [0.29, 0.717) is 0 Å². The normalized spacial score (nSPS) is 12.2. The predicted octanol–water partition coefficient (Wildman–Crippen LogP) is 15.1. The Morgan fingerprint density at radius 3 is 1.77 bits per heavy atom. The van der Waals surface area contributed by atoms with Crippen LogP contribution in [-0.4, -0.2) is 14.1 Å². The summed E-state index contributed by atoms with van der Waals surface area (Å²) in [6, 6.07) is 72.5. The van der Waals surface area contributed by atoms with Crippen LogP contribution in [0.1, 0.15) is 39.2 Å². The largest absolute Gasteiger partial charge is 0.458 e. The number of ether oxygens (including phenoxy) is 1. The zero-order valence-corrected chi connectivity index (χ0v) is 37.0. The summed E-state index contributed by atoms with van der Waals surface area (Å²) in [4.78, 5) is 5.19. The minimum atomic E-state index is 0.0429. The van der Waals surface area contributed by atoms with Gasteiger partial charge in [-0.25, -0.2) is 4.98 Å². The van der Waals surface area contributed by atoms with Crippen LogP contribution in [0, 0.1) is 11.7 Å². The molecule has 0 amide bonds. The monoisotopic (exact) mass is 840 g/mol. The Labute approximate surface area is 380 Å². The fraction of sp³-hybridized carbons (Fsp3) is 0.100. The van der Waals surface area contributed by atoms with Gasteiger partial charge in [-0.2, -0.15) is 0 Å². The summed E-state index contributed by atoms with van der Waals surface area (Å²) < 4.78 is 13.5. The minimum absolute atomic E-state index is 0.0429. The molecule has 0 bridgehead atoms. The number of hydrogen-bond acceptors (Lipinski definition) is 2. The van der Waals surface area contributed by atoms with Gasteiger partial charge in [0.25, 0.3) is 6.33 Å². The number of nitrogens with zero attached hydrogens (tertiary/aromatic N) is 4. The number of fused-ring (bicyclic) bond motifs is 4. The molecular weight excluding hydrogens is 793 g/mol. The SMILES string of the molecule is CC(c1cc(-n2c3ccccc3c3ccc(Oc4cccc(-n5[c-][n+](-c6c(-c7ccccc7)cccc6-c6ccccc6)c6ccccc65)c4)cc32)ncc1-c1ccccc1)C(C)(C)C. The third-order valence-electron chi connectivity index (χ3n) is 13.0. The van der Waals surface area contributed by atoms with Crippen LogP contribution in [0.2, 0.25) is 0 Å². The highest BCUT2D eigenvalue weighted by atomic mass is 16.5.